The third-order valence-corrected chi connectivity index (χ3v) is 1.30. The first-order valence-electron chi connectivity index (χ1n) is 3.72. The molecule has 0 aromatic heterocycles. The van der Waals surface area contributed by atoms with Gasteiger partial charge < -0.3 is 15.6 Å². The fraction of sp³-hybridized carbons (Fsp3) is 0.714. The molecular formula is C7H13NO4. The lowest BCUT2D eigenvalue weighted by Crippen LogP contribution is -2.31. The van der Waals surface area contributed by atoms with E-state index in [4.69, 9.17) is 10.8 Å². The van der Waals surface area contributed by atoms with E-state index in [-0.39, 0.29) is 19.0 Å². The van der Waals surface area contributed by atoms with Gasteiger partial charge in [-0.3, -0.25) is 9.59 Å². The van der Waals surface area contributed by atoms with Gasteiger partial charge in [0.05, 0.1) is 6.61 Å². The summed E-state index contributed by atoms with van der Waals surface area (Å²) in [7, 11) is 0. The molecule has 1 atom stereocenters. The fourth-order valence-corrected chi connectivity index (χ4v) is 0.525. The molecular weight excluding hydrogens is 162 g/mol. The molecule has 0 unspecified atom stereocenters. The molecule has 0 fully saturated rings. The van der Waals surface area contributed by atoms with Gasteiger partial charge in [-0.15, -0.1) is 0 Å². The molecule has 12 heavy (non-hydrogen) atoms. The first-order valence-corrected chi connectivity index (χ1v) is 3.72. The molecule has 5 nitrogen and oxygen atoms in total. The summed E-state index contributed by atoms with van der Waals surface area (Å²) in [6.07, 6.45) is 0.448. The van der Waals surface area contributed by atoms with Crippen molar-refractivity contribution >= 4 is 11.9 Å². The first kappa shape index (κ1) is 10.9. The Hall–Kier alpha value is -1.10. The molecule has 0 aliphatic heterocycles. The number of esters is 1. The van der Waals surface area contributed by atoms with Crippen LogP contribution in [0.3, 0.4) is 0 Å². The summed E-state index contributed by atoms with van der Waals surface area (Å²) >= 11 is 0. The van der Waals surface area contributed by atoms with E-state index in [0.29, 0.717) is 6.42 Å². The lowest BCUT2D eigenvalue weighted by atomic mass is 10.2. The number of carbonyl (C=O) groups excluding carboxylic acids is 1. The summed E-state index contributed by atoms with van der Waals surface area (Å²) in [5.74, 6) is -1.42. The van der Waals surface area contributed by atoms with Crippen LogP contribution in [0.2, 0.25) is 0 Å². The molecule has 70 valence electrons. The molecule has 0 aromatic carbocycles. The number of aliphatic carboxylic acids is 1. The fourth-order valence-electron chi connectivity index (χ4n) is 0.525. The van der Waals surface area contributed by atoms with Crippen LogP contribution in [-0.4, -0.2) is 29.7 Å². The molecule has 0 aromatic rings. The van der Waals surface area contributed by atoms with Gasteiger partial charge in [-0.1, -0.05) is 6.92 Å². The zero-order chi connectivity index (χ0) is 9.56. The number of rotatable bonds is 5. The average Bonchev–Trinajstić information content (AvgIpc) is 2.03. The molecule has 0 bridgehead atoms. The van der Waals surface area contributed by atoms with Gasteiger partial charge in [-0.05, 0) is 0 Å². The molecule has 0 aliphatic rings. The highest BCUT2D eigenvalue weighted by molar-refractivity contribution is 5.73. The Labute approximate surface area is 70.5 Å². The van der Waals surface area contributed by atoms with E-state index in [9.17, 15) is 9.59 Å². The Balaban J connectivity index is 3.43. The van der Waals surface area contributed by atoms with Gasteiger partial charge in [0, 0.05) is 12.8 Å². The lowest BCUT2D eigenvalue weighted by Gasteiger charge is -2.05. The molecule has 0 rings (SSSR count). The standard InChI is InChI=1S/C7H13NO4/c1-2-6(9)12-4-3-5(8)7(10)11/h5H,2-4,8H2,1H3,(H,10,11)/t5-/m0/s1. The van der Waals surface area contributed by atoms with Crippen molar-refractivity contribution in [3.8, 4) is 0 Å². The Morgan fingerprint density at radius 3 is 2.58 bits per heavy atom. The SMILES string of the molecule is CCC(=O)OCC[C@H](N)C(=O)O. The minimum Gasteiger partial charge on any atom is -0.480 e. The van der Waals surface area contributed by atoms with Crippen molar-refractivity contribution in [3.05, 3.63) is 0 Å². The van der Waals surface area contributed by atoms with E-state index in [2.05, 4.69) is 4.74 Å². The molecule has 0 saturated heterocycles. The third-order valence-electron chi connectivity index (χ3n) is 1.30. The predicted molar refractivity (Wildman–Crippen MR) is 41.5 cm³/mol. The predicted octanol–water partition coefficient (Wildman–Crippen LogP) is -0.258. The van der Waals surface area contributed by atoms with Crippen LogP contribution in [0.25, 0.3) is 0 Å². The highest BCUT2D eigenvalue weighted by Crippen LogP contribution is 1.91. The van der Waals surface area contributed by atoms with E-state index in [1.165, 1.54) is 0 Å². The molecule has 0 amide bonds. The van der Waals surface area contributed by atoms with Crippen molar-refractivity contribution in [2.24, 2.45) is 5.73 Å². The molecule has 3 N–H and O–H groups in total. The number of ether oxygens (including phenoxy) is 1. The number of nitrogens with two attached hydrogens (primary N) is 1. The number of carboxylic acids is 1. The van der Waals surface area contributed by atoms with Gasteiger partial charge in [0.25, 0.3) is 0 Å². The maximum Gasteiger partial charge on any atom is 0.320 e. The van der Waals surface area contributed by atoms with Crippen LogP contribution >= 0.6 is 0 Å². The Bertz CT molecular complexity index is 169. The summed E-state index contributed by atoms with van der Waals surface area (Å²) in [5, 5.41) is 8.34. The third kappa shape index (κ3) is 4.68. The zero-order valence-electron chi connectivity index (χ0n) is 6.95. The van der Waals surface area contributed by atoms with Crippen molar-refractivity contribution in [1.82, 2.24) is 0 Å². The summed E-state index contributed by atoms with van der Waals surface area (Å²) in [4.78, 5) is 20.7. The summed E-state index contributed by atoms with van der Waals surface area (Å²) in [5.41, 5.74) is 5.15. The van der Waals surface area contributed by atoms with Crippen molar-refractivity contribution in [1.29, 1.82) is 0 Å². The van der Waals surface area contributed by atoms with E-state index in [1.807, 2.05) is 0 Å². The quantitative estimate of drug-likeness (QED) is 0.562. The normalized spacial score (nSPS) is 12.2. The van der Waals surface area contributed by atoms with Gasteiger partial charge in [-0.25, -0.2) is 0 Å². The van der Waals surface area contributed by atoms with Gasteiger partial charge in [0.2, 0.25) is 0 Å². The minimum atomic E-state index is -1.08. The van der Waals surface area contributed by atoms with E-state index < -0.39 is 12.0 Å². The largest absolute Gasteiger partial charge is 0.480 e. The monoisotopic (exact) mass is 175 g/mol. The van der Waals surface area contributed by atoms with Gasteiger partial charge in [0.15, 0.2) is 0 Å². The number of carbonyl (C=O) groups is 2. The van der Waals surface area contributed by atoms with Crippen LogP contribution in [0, 0.1) is 0 Å². The highest BCUT2D eigenvalue weighted by Gasteiger charge is 2.11. The Kier molecular flexibility index (Phi) is 5.03. The van der Waals surface area contributed by atoms with E-state index >= 15 is 0 Å². The smallest absolute Gasteiger partial charge is 0.320 e. The van der Waals surface area contributed by atoms with Gasteiger partial charge >= 0.3 is 11.9 Å². The first-order chi connectivity index (χ1) is 5.57. The average molecular weight is 175 g/mol. The maximum atomic E-state index is 10.6. The van der Waals surface area contributed by atoms with Crippen LogP contribution in [-0.2, 0) is 14.3 Å². The van der Waals surface area contributed by atoms with Crippen molar-refractivity contribution in [2.75, 3.05) is 6.61 Å². The lowest BCUT2D eigenvalue weighted by molar-refractivity contribution is -0.145. The molecule has 0 radical (unpaired) electrons. The van der Waals surface area contributed by atoms with Crippen LogP contribution in [0.4, 0.5) is 0 Å². The number of carboxylic acid groups (broad SMARTS) is 1. The molecule has 5 heteroatoms. The highest BCUT2D eigenvalue weighted by atomic mass is 16.5. The van der Waals surface area contributed by atoms with Gasteiger partial charge in [0.1, 0.15) is 6.04 Å². The Morgan fingerprint density at radius 1 is 1.58 bits per heavy atom. The minimum absolute atomic E-state index is 0.0696. The van der Waals surface area contributed by atoms with Gasteiger partial charge in [-0.2, -0.15) is 0 Å². The summed E-state index contributed by atoms with van der Waals surface area (Å²) < 4.78 is 4.63. The van der Waals surface area contributed by atoms with Crippen LogP contribution in [0.5, 0.6) is 0 Å². The van der Waals surface area contributed by atoms with E-state index in [1.54, 1.807) is 6.92 Å². The van der Waals surface area contributed by atoms with Crippen LogP contribution in [0.15, 0.2) is 0 Å². The molecule has 0 aliphatic carbocycles. The van der Waals surface area contributed by atoms with Crippen molar-refractivity contribution < 1.29 is 19.4 Å². The maximum absolute atomic E-state index is 10.6. The zero-order valence-corrected chi connectivity index (χ0v) is 6.95. The summed E-state index contributed by atoms with van der Waals surface area (Å²) in [6, 6.07) is -0.949. The van der Waals surface area contributed by atoms with E-state index in [0.717, 1.165) is 0 Å². The second-order valence-electron chi connectivity index (χ2n) is 2.31. The second kappa shape index (κ2) is 5.54. The number of hydrogen-bond acceptors (Lipinski definition) is 4. The van der Waals surface area contributed by atoms with Crippen LogP contribution in [0.1, 0.15) is 19.8 Å². The molecule has 0 spiro atoms. The summed E-state index contributed by atoms with van der Waals surface area (Å²) in [6.45, 7) is 1.74. The topological polar surface area (TPSA) is 89.6 Å². The number of hydrogen-bond donors (Lipinski definition) is 2. The molecule has 0 saturated carbocycles. The van der Waals surface area contributed by atoms with Crippen molar-refractivity contribution in [3.63, 3.8) is 0 Å². The molecule has 0 heterocycles. The van der Waals surface area contributed by atoms with Crippen molar-refractivity contribution in [2.45, 2.75) is 25.8 Å². The van der Waals surface area contributed by atoms with Crippen LogP contribution < -0.4 is 5.73 Å². The Morgan fingerprint density at radius 2 is 2.17 bits per heavy atom. The second-order valence-corrected chi connectivity index (χ2v) is 2.31.